The van der Waals surface area contributed by atoms with Crippen LogP contribution in [0.15, 0.2) is 45.9 Å². The molecule has 1 aromatic heterocycles. The summed E-state index contributed by atoms with van der Waals surface area (Å²) in [6.45, 7) is 2.21. The Morgan fingerprint density at radius 1 is 1.28 bits per heavy atom. The molecule has 5 heteroatoms. The summed E-state index contributed by atoms with van der Waals surface area (Å²) in [6.07, 6.45) is 6.24. The van der Waals surface area contributed by atoms with Gasteiger partial charge in [-0.25, -0.2) is 9.82 Å². The van der Waals surface area contributed by atoms with Crippen molar-refractivity contribution in [3.63, 3.8) is 0 Å². The van der Waals surface area contributed by atoms with E-state index >= 15 is 0 Å². The SMILES string of the molecule is C[C@]12CCCC[C@@H]1[C@H]2C(=O)N/N=C\c1ccc(-c2ccc(F)cc2)o1. The van der Waals surface area contributed by atoms with E-state index in [1.54, 1.807) is 24.3 Å². The fourth-order valence-corrected chi connectivity index (χ4v) is 4.27. The molecule has 2 aliphatic rings. The number of rotatable bonds is 4. The lowest BCUT2D eigenvalue weighted by atomic mass is 9.90. The standard InChI is InChI=1S/C20H21FN2O2/c1-20-11-3-2-4-16(20)18(20)19(24)23-22-12-15-9-10-17(25-15)13-5-7-14(21)8-6-13/h5-10,12,16,18H,2-4,11H2,1H3,(H,23,24)/b22-12-/t16-,18+,20+/m1/s1. The van der Waals surface area contributed by atoms with Crippen LogP contribution in [0.3, 0.4) is 0 Å². The predicted molar refractivity (Wildman–Crippen MR) is 93.4 cm³/mol. The van der Waals surface area contributed by atoms with Crippen molar-refractivity contribution < 1.29 is 13.6 Å². The molecule has 0 spiro atoms. The molecule has 2 fully saturated rings. The Labute approximate surface area is 146 Å². The average molecular weight is 340 g/mol. The van der Waals surface area contributed by atoms with Crippen LogP contribution < -0.4 is 5.43 Å². The quantitative estimate of drug-likeness (QED) is 0.664. The lowest BCUT2D eigenvalue weighted by Gasteiger charge is -2.15. The third-order valence-corrected chi connectivity index (χ3v) is 5.74. The third kappa shape index (κ3) is 2.99. The van der Waals surface area contributed by atoms with Crippen molar-refractivity contribution in [3.8, 4) is 11.3 Å². The molecule has 130 valence electrons. The van der Waals surface area contributed by atoms with E-state index in [1.807, 2.05) is 0 Å². The molecule has 1 N–H and O–H groups in total. The highest BCUT2D eigenvalue weighted by Crippen LogP contribution is 2.66. The normalized spacial score (nSPS) is 27.9. The summed E-state index contributed by atoms with van der Waals surface area (Å²) in [5, 5.41) is 4.03. The monoisotopic (exact) mass is 340 g/mol. The summed E-state index contributed by atoms with van der Waals surface area (Å²) in [5.41, 5.74) is 3.62. The highest BCUT2D eigenvalue weighted by molar-refractivity contribution is 5.85. The van der Waals surface area contributed by atoms with E-state index in [1.165, 1.54) is 31.2 Å². The van der Waals surface area contributed by atoms with Crippen LogP contribution in [-0.4, -0.2) is 12.1 Å². The van der Waals surface area contributed by atoms with Gasteiger partial charge in [0.1, 0.15) is 17.3 Å². The first kappa shape index (κ1) is 16.1. The van der Waals surface area contributed by atoms with Gasteiger partial charge < -0.3 is 4.42 Å². The summed E-state index contributed by atoms with van der Waals surface area (Å²) in [7, 11) is 0. The Morgan fingerprint density at radius 2 is 2.08 bits per heavy atom. The number of nitrogens with zero attached hydrogens (tertiary/aromatic N) is 1. The number of benzene rings is 1. The van der Waals surface area contributed by atoms with Crippen LogP contribution in [0.1, 0.15) is 38.4 Å². The van der Waals surface area contributed by atoms with Crippen LogP contribution in [0, 0.1) is 23.1 Å². The van der Waals surface area contributed by atoms with Crippen LogP contribution >= 0.6 is 0 Å². The van der Waals surface area contributed by atoms with Gasteiger partial charge in [-0.15, -0.1) is 0 Å². The minimum atomic E-state index is -0.283. The molecular formula is C20H21FN2O2. The maximum Gasteiger partial charge on any atom is 0.244 e. The summed E-state index contributed by atoms with van der Waals surface area (Å²) >= 11 is 0. The molecule has 4 rings (SSSR count). The summed E-state index contributed by atoms with van der Waals surface area (Å²) in [5.74, 6) is 1.52. The zero-order chi connectivity index (χ0) is 17.4. The van der Waals surface area contributed by atoms with Gasteiger partial charge in [0.05, 0.1) is 6.21 Å². The summed E-state index contributed by atoms with van der Waals surface area (Å²) in [4.78, 5) is 12.3. The molecule has 0 bridgehead atoms. The minimum Gasteiger partial charge on any atom is -0.455 e. The maximum absolute atomic E-state index is 13.0. The lowest BCUT2D eigenvalue weighted by Crippen LogP contribution is -2.22. The van der Waals surface area contributed by atoms with Crippen molar-refractivity contribution in [2.24, 2.45) is 22.4 Å². The number of hydrogen-bond acceptors (Lipinski definition) is 3. The van der Waals surface area contributed by atoms with E-state index in [0.29, 0.717) is 17.4 Å². The molecule has 3 atom stereocenters. The van der Waals surface area contributed by atoms with Gasteiger partial charge in [0.2, 0.25) is 5.91 Å². The Kier molecular flexibility index (Phi) is 3.94. The number of carbonyl (C=O) groups is 1. The molecule has 0 saturated heterocycles. The molecule has 0 radical (unpaired) electrons. The van der Waals surface area contributed by atoms with Gasteiger partial charge in [0, 0.05) is 11.5 Å². The molecule has 4 nitrogen and oxygen atoms in total. The third-order valence-electron chi connectivity index (χ3n) is 5.74. The summed E-state index contributed by atoms with van der Waals surface area (Å²) in [6, 6.07) is 9.67. The zero-order valence-electron chi connectivity index (χ0n) is 14.2. The number of halogens is 1. The molecule has 2 aliphatic carbocycles. The van der Waals surface area contributed by atoms with Crippen molar-refractivity contribution in [3.05, 3.63) is 48.0 Å². The topological polar surface area (TPSA) is 54.6 Å². The molecule has 0 unspecified atom stereocenters. The van der Waals surface area contributed by atoms with E-state index < -0.39 is 0 Å². The molecule has 1 aromatic carbocycles. The second-order valence-electron chi connectivity index (χ2n) is 7.28. The van der Waals surface area contributed by atoms with E-state index in [2.05, 4.69) is 17.5 Å². The van der Waals surface area contributed by atoms with Crippen molar-refractivity contribution in [1.29, 1.82) is 0 Å². The van der Waals surface area contributed by atoms with Gasteiger partial charge in [-0.3, -0.25) is 4.79 Å². The Bertz CT molecular complexity index is 811. The van der Waals surface area contributed by atoms with E-state index in [0.717, 1.165) is 18.4 Å². The molecule has 2 aromatic rings. The highest BCUT2D eigenvalue weighted by Gasteiger charge is 2.64. The Hall–Kier alpha value is -2.43. The molecule has 2 saturated carbocycles. The molecule has 1 heterocycles. The van der Waals surface area contributed by atoms with Crippen LogP contribution in [-0.2, 0) is 4.79 Å². The highest BCUT2D eigenvalue weighted by atomic mass is 19.1. The Morgan fingerprint density at radius 3 is 2.80 bits per heavy atom. The largest absolute Gasteiger partial charge is 0.455 e. The van der Waals surface area contributed by atoms with Gasteiger partial charge in [-0.1, -0.05) is 19.8 Å². The number of hydrazone groups is 1. The van der Waals surface area contributed by atoms with Crippen molar-refractivity contribution in [2.45, 2.75) is 32.6 Å². The van der Waals surface area contributed by atoms with Crippen molar-refractivity contribution in [2.75, 3.05) is 0 Å². The number of fused-ring (bicyclic) bond motifs is 1. The zero-order valence-corrected chi connectivity index (χ0v) is 14.2. The van der Waals surface area contributed by atoms with Crippen LogP contribution in [0.4, 0.5) is 4.39 Å². The molecule has 25 heavy (non-hydrogen) atoms. The van der Waals surface area contributed by atoms with Gasteiger partial charge >= 0.3 is 0 Å². The van der Waals surface area contributed by atoms with Gasteiger partial charge in [0.25, 0.3) is 0 Å². The van der Waals surface area contributed by atoms with Crippen molar-refractivity contribution >= 4 is 12.1 Å². The first-order valence-corrected chi connectivity index (χ1v) is 8.77. The van der Waals surface area contributed by atoms with Gasteiger partial charge in [-0.05, 0) is 60.6 Å². The van der Waals surface area contributed by atoms with E-state index in [9.17, 15) is 9.18 Å². The van der Waals surface area contributed by atoms with Crippen LogP contribution in [0.25, 0.3) is 11.3 Å². The smallest absolute Gasteiger partial charge is 0.244 e. The number of carbonyl (C=O) groups excluding carboxylic acids is 1. The minimum absolute atomic E-state index is 0.0102. The lowest BCUT2D eigenvalue weighted by molar-refractivity contribution is -0.123. The van der Waals surface area contributed by atoms with Crippen molar-refractivity contribution in [1.82, 2.24) is 5.43 Å². The van der Waals surface area contributed by atoms with Crippen LogP contribution in [0.5, 0.6) is 0 Å². The van der Waals surface area contributed by atoms with Gasteiger partial charge in [0.15, 0.2) is 0 Å². The maximum atomic E-state index is 13.0. The number of amides is 1. The summed E-state index contributed by atoms with van der Waals surface area (Å²) < 4.78 is 18.6. The fraction of sp³-hybridized carbons (Fsp3) is 0.400. The number of nitrogens with one attached hydrogen (secondary N) is 1. The van der Waals surface area contributed by atoms with E-state index in [4.69, 9.17) is 4.42 Å². The molecular weight excluding hydrogens is 319 g/mol. The first-order chi connectivity index (χ1) is 12.1. The fourth-order valence-electron chi connectivity index (χ4n) is 4.27. The second-order valence-corrected chi connectivity index (χ2v) is 7.28. The predicted octanol–water partition coefficient (Wildman–Crippen LogP) is 4.36. The van der Waals surface area contributed by atoms with Crippen LogP contribution in [0.2, 0.25) is 0 Å². The molecule has 1 amide bonds. The second kappa shape index (κ2) is 6.14. The first-order valence-electron chi connectivity index (χ1n) is 8.77. The average Bonchev–Trinajstić information content (AvgIpc) is 2.96. The number of furan rings is 1. The Balaban J connectivity index is 1.37. The number of hydrogen-bond donors (Lipinski definition) is 1. The van der Waals surface area contributed by atoms with E-state index in [-0.39, 0.29) is 23.1 Å². The van der Waals surface area contributed by atoms with Gasteiger partial charge in [-0.2, -0.15) is 5.10 Å². The molecule has 0 aliphatic heterocycles.